The molecule has 12 heteroatoms. The molecule has 0 spiro atoms. The molecule has 2 heterocycles. The third-order valence-electron chi connectivity index (χ3n) is 6.47. The van der Waals surface area contributed by atoms with Crippen LogP contribution in [0.3, 0.4) is 0 Å². The molecule has 1 saturated carbocycles. The molecule has 0 atom stereocenters. The lowest BCUT2D eigenvalue weighted by molar-refractivity contribution is -0.124. The monoisotopic (exact) mass is 541 g/mol. The average molecular weight is 542 g/mol. The predicted octanol–water partition coefficient (Wildman–Crippen LogP) is 2.81. The van der Waals surface area contributed by atoms with Crippen LogP contribution in [0, 0.1) is 0 Å². The normalized spacial score (nSPS) is 17.2. The first kappa shape index (κ1) is 25.5. The van der Waals surface area contributed by atoms with Gasteiger partial charge >= 0.3 is 0 Å². The van der Waals surface area contributed by atoms with Crippen LogP contribution in [0.25, 0.3) is 10.6 Å². The molecule has 10 nitrogen and oxygen atoms in total. The zero-order valence-corrected chi connectivity index (χ0v) is 21.9. The fraction of sp³-hybridized carbons (Fsp3) is 0.360. The number of anilines is 2. The molecule has 2 fully saturated rings. The molecule has 2 amide bonds. The number of carbonyl (C=O) groups excluding carboxylic acids is 2. The highest BCUT2D eigenvalue weighted by atomic mass is 32.2. The highest BCUT2D eigenvalue weighted by Crippen LogP contribution is 2.43. The summed E-state index contributed by atoms with van der Waals surface area (Å²) in [4.78, 5) is 28.5. The van der Waals surface area contributed by atoms with Gasteiger partial charge in [0, 0.05) is 36.2 Å². The Morgan fingerprint density at radius 2 is 1.78 bits per heavy atom. The molecule has 1 aromatic heterocycles. The number of nitrogens with zero attached hydrogens (tertiary/aromatic N) is 3. The summed E-state index contributed by atoms with van der Waals surface area (Å²) in [5.74, 6) is -0.892. The predicted molar refractivity (Wildman–Crippen MR) is 141 cm³/mol. The van der Waals surface area contributed by atoms with Gasteiger partial charge in [-0.05, 0) is 30.5 Å². The summed E-state index contributed by atoms with van der Waals surface area (Å²) in [6.45, 7) is 2.47. The number of ether oxygens (including phenoxy) is 1. The molecular formula is C25H27N5O5S2. The number of rotatable bonds is 8. The van der Waals surface area contributed by atoms with Gasteiger partial charge in [-0.3, -0.25) is 19.8 Å². The smallest absolute Gasteiger partial charge is 0.257 e. The van der Waals surface area contributed by atoms with Gasteiger partial charge in [-0.1, -0.05) is 47.7 Å². The van der Waals surface area contributed by atoms with Crippen LogP contribution in [0.4, 0.5) is 10.8 Å². The van der Waals surface area contributed by atoms with Crippen molar-refractivity contribution in [3.05, 3.63) is 59.7 Å². The Balaban J connectivity index is 1.36. The maximum atomic E-state index is 13.4. The van der Waals surface area contributed by atoms with E-state index in [1.807, 2.05) is 30.3 Å². The molecule has 5 rings (SSSR count). The summed E-state index contributed by atoms with van der Waals surface area (Å²) in [6, 6.07) is 14.1. The van der Waals surface area contributed by atoms with E-state index < -0.39 is 21.3 Å². The van der Waals surface area contributed by atoms with Crippen LogP contribution in [-0.2, 0) is 25.1 Å². The summed E-state index contributed by atoms with van der Waals surface area (Å²) in [5.41, 5.74) is 1.27. The van der Waals surface area contributed by atoms with Crippen molar-refractivity contribution in [2.45, 2.75) is 24.1 Å². The van der Waals surface area contributed by atoms with Crippen LogP contribution in [-0.4, -0.2) is 73.4 Å². The molecule has 0 bridgehead atoms. The van der Waals surface area contributed by atoms with Crippen LogP contribution in [0.15, 0.2) is 48.5 Å². The van der Waals surface area contributed by atoms with Crippen molar-refractivity contribution < 1.29 is 22.7 Å². The molecule has 2 aliphatic rings. The highest BCUT2D eigenvalue weighted by Gasteiger charge is 2.54. The molecular weight excluding hydrogens is 514 g/mol. The van der Waals surface area contributed by atoms with Gasteiger partial charge in [-0.15, -0.1) is 10.2 Å². The van der Waals surface area contributed by atoms with Gasteiger partial charge in [0.05, 0.1) is 19.0 Å². The topological polar surface area (TPSA) is 131 Å². The van der Waals surface area contributed by atoms with Crippen LogP contribution in [0.2, 0.25) is 0 Å². The van der Waals surface area contributed by atoms with E-state index in [9.17, 15) is 18.0 Å². The molecule has 194 valence electrons. The first-order chi connectivity index (χ1) is 17.7. The van der Waals surface area contributed by atoms with E-state index in [1.54, 1.807) is 12.1 Å². The van der Waals surface area contributed by atoms with E-state index in [1.165, 1.54) is 17.4 Å². The Kier molecular flexibility index (Phi) is 7.08. The second kappa shape index (κ2) is 10.3. The van der Waals surface area contributed by atoms with Gasteiger partial charge in [-0.2, -0.15) is 0 Å². The minimum atomic E-state index is -3.38. The lowest BCUT2D eigenvalue weighted by atomic mass is 10.1. The number of aromatic nitrogens is 2. The van der Waals surface area contributed by atoms with Crippen LogP contribution in [0.1, 0.15) is 28.8 Å². The SMILES string of the molecule is CS(=O)(=O)Cc1ccc(C(=O)Nc2nnc(-c3ccccc3)s2)cc1NC(=O)C1(N2CCOCC2)CC1. The second-order valence-electron chi connectivity index (χ2n) is 9.26. The molecule has 1 aliphatic heterocycles. The quantitative estimate of drug-likeness (QED) is 0.445. The van der Waals surface area contributed by atoms with Crippen molar-refractivity contribution in [3.63, 3.8) is 0 Å². The van der Waals surface area contributed by atoms with E-state index >= 15 is 0 Å². The van der Waals surface area contributed by atoms with E-state index in [4.69, 9.17) is 4.74 Å². The van der Waals surface area contributed by atoms with Crippen LogP contribution < -0.4 is 10.6 Å². The second-order valence-corrected chi connectivity index (χ2v) is 12.4. The van der Waals surface area contributed by atoms with Gasteiger partial charge in [0.2, 0.25) is 11.0 Å². The van der Waals surface area contributed by atoms with Crippen molar-refractivity contribution in [1.29, 1.82) is 0 Å². The zero-order chi connectivity index (χ0) is 26.0. The van der Waals surface area contributed by atoms with E-state index in [0.717, 1.165) is 24.7 Å². The van der Waals surface area contributed by atoms with Crippen molar-refractivity contribution in [2.24, 2.45) is 0 Å². The minimum absolute atomic E-state index is 0.196. The number of nitrogens with one attached hydrogen (secondary N) is 2. The number of carbonyl (C=O) groups is 2. The fourth-order valence-electron chi connectivity index (χ4n) is 4.42. The van der Waals surface area contributed by atoms with E-state index in [0.29, 0.717) is 47.7 Å². The summed E-state index contributed by atoms with van der Waals surface area (Å²) < 4.78 is 29.5. The third-order valence-corrected chi connectivity index (χ3v) is 8.19. The maximum Gasteiger partial charge on any atom is 0.257 e. The van der Waals surface area contributed by atoms with E-state index in [-0.39, 0.29) is 17.2 Å². The van der Waals surface area contributed by atoms with Crippen LogP contribution in [0.5, 0.6) is 0 Å². The molecule has 2 aromatic carbocycles. The molecule has 2 N–H and O–H groups in total. The Labute approximate surface area is 219 Å². The number of hydrogen-bond acceptors (Lipinski definition) is 9. The lowest BCUT2D eigenvalue weighted by Gasteiger charge is -2.34. The van der Waals surface area contributed by atoms with Crippen molar-refractivity contribution >= 4 is 43.8 Å². The molecule has 0 unspecified atom stereocenters. The number of morpholine rings is 1. The Morgan fingerprint density at radius 3 is 2.46 bits per heavy atom. The van der Waals surface area contributed by atoms with Crippen molar-refractivity contribution in [1.82, 2.24) is 15.1 Å². The van der Waals surface area contributed by atoms with Gasteiger partial charge in [0.25, 0.3) is 5.91 Å². The standard InChI is InChI=1S/C25H27N5O5S2/c1-37(33,34)16-19-8-7-18(21(31)27-24-29-28-22(36-24)17-5-3-2-4-6-17)15-20(19)26-23(32)25(9-10-25)30-11-13-35-14-12-30/h2-8,15H,9-14,16H2,1H3,(H,26,32)(H,27,29,31). The zero-order valence-electron chi connectivity index (χ0n) is 20.3. The Morgan fingerprint density at radius 1 is 1.05 bits per heavy atom. The highest BCUT2D eigenvalue weighted by molar-refractivity contribution is 7.89. The van der Waals surface area contributed by atoms with Crippen molar-refractivity contribution in [3.8, 4) is 10.6 Å². The fourth-order valence-corrected chi connectivity index (χ4v) is 5.98. The van der Waals surface area contributed by atoms with Gasteiger partial charge in [0.1, 0.15) is 10.5 Å². The Bertz CT molecular complexity index is 1410. The Hall–Kier alpha value is -3.19. The lowest BCUT2D eigenvalue weighted by Crippen LogP contribution is -2.51. The average Bonchev–Trinajstić information content (AvgIpc) is 3.58. The van der Waals surface area contributed by atoms with Gasteiger partial charge in [-0.25, -0.2) is 8.42 Å². The summed E-state index contributed by atoms with van der Waals surface area (Å²) >= 11 is 1.24. The first-order valence-electron chi connectivity index (χ1n) is 11.9. The van der Waals surface area contributed by atoms with Crippen LogP contribution >= 0.6 is 11.3 Å². The number of hydrogen-bond donors (Lipinski definition) is 2. The molecule has 0 radical (unpaired) electrons. The number of amides is 2. The summed E-state index contributed by atoms with van der Waals surface area (Å²) in [6.07, 6.45) is 2.58. The molecule has 1 saturated heterocycles. The molecule has 37 heavy (non-hydrogen) atoms. The van der Waals surface area contributed by atoms with Gasteiger partial charge in [0.15, 0.2) is 9.84 Å². The molecule has 3 aromatic rings. The minimum Gasteiger partial charge on any atom is -0.379 e. The first-order valence-corrected chi connectivity index (χ1v) is 14.8. The van der Waals surface area contributed by atoms with Crippen molar-refractivity contribution in [2.75, 3.05) is 43.2 Å². The van der Waals surface area contributed by atoms with Gasteiger partial charge < -0.3 is 10.1 Å². The number of sulfone groups is 1. The molecule has 1 aliphatic carbocycles. The number of benzene rings is 2. The largest absolute Gasteiger partial charge is 0.379 e. The summed E-state index contributed by atoms with van der Waals surface area (Å²) in [7, 11) is -3.38. The summed E-state index contributed by atoms with van der Waals surface area (Å²) in [5, 5.41) is 14.9. The van der Waals surface area contributed by atoms with E-state index in [2.05, 4.69) is 25.7 Å². The maximum absolute atomic E-state index is 13.4. The third kappa shape index (κ3) is 5.87.